The third-order valence-electron chi connectivity index (χ3n) is 10.1. The van der Waals surface area contributed by atoms with Crippen LogP contribution in [-0.2, 0) is 18.9 Å². The molecule has 6 unspecified atom stereocenters. The third kappa shape index (κ3) is 3.32. The van der Waals surface area contributed by atoms with Crippen molar-refractivity contribution in [2.24, 2.45) is 10.8 Å². The molecule has 6 heteroatoms. The largest absolute Gasteiger partial charge is 0.448 e. The predicted molar refractivity (Wildman–Crippen MR) is 142 cm³/mol. The summed E-state index contributed by atoms with van der Waals surface area (Å²) in [6, 6.07) is 18.0. The van der Waals surface area contributed by atoms with E-state index in [1.807, 2.05) is 50.2 Å². The van der Waals surface area contributed by atoms with Crippen molar-refractivity contribution in [2.45, 2.75) is 102 Å². The zero-order chi connectivity index (χ0) is 27.2. The molecular weight excluding hydrogens is 480 g/mol. The van der Waals surface area contributed by atoms with E-state index in [9.17, 15) is 9.59 Å². The monoisotopic (exact) mass is 518 g/mol. The molecule has 6 atom stereocenters. The fraction of sp³-hybridized carbons (Fsp3) is 0.562. The van der Waals surface area contributed by atoms with Crippen molar-refractivity contribution in [3.63, 3.8) is 0 Å². The smallest absolute Gasteiger partial charge is 0.338 e. The molecule has 6 nitrogen and oxygen atoms in total. The Bertz CT molecular complexity index is 1170. The van der Waals surface area contributed by atoms with Crippen molar-refractivity contribution in [1.82, 2.24) is 0 Å². The van der Waals surface area contributed by atoms with Crippen LogP contribution in [0, 0.1) is 10.8 Å². The van der Waals surface area contributed by atoms with E-state index in [4.69, 9.17) is 18.9 Å². The molecule has 38 heavy (non-hydrogen) atoms. The standard InChI is InChI=1S/C32H38O6/c1-27(2)17-19-31(29(5)25(27)37-29,35-23(33)21-13-9-7-10-14-21)32(36-24(34)22-15-11-8-12-16-22)20-18-28(3,4)26-30(32,6)38-26/h7-16,25-26H,17-20H2,1-6H3. The molecule has 4 aliphatic rings. The van der Waals surface area contributed by atoms with Crippen LogP contribution in [0.25, 0.3) is 0 Å². The molecule has 2 saturated carbocycles. The summed E-state index contributed by atoms with van der Waals surface area (Å²) < 4.78 is 26.5. The Balaban J connectivity index is 1.52. The summed E-state index contributed by atoms with van der Waals surface area (Å²) in [5.74, 6) is -0.886. The number of carbonyl (C=O) groups is 2. The van der Waals surface area contributed by atoms with Crippen LogP contribution in [-0.4, -0.2) is 46.6 Å². The molecule has 0 spiro atoms. The number of ether oxygens (including phenoxy) is 4. The minimum Gasteiger partial charge on any atom is -0.448 e. The molecule has 202 valence electrons. The lowest BCUT2D eigenvalue weighted by Gasteiger charge is -2.57. The van der Waals surface area contributed by atoms with Crippen LogP contribution in [0.15, 0.2) is 60.7 Å². The van der Waals surface area contributed by atoms with Crippen molar-refractivity contribution in [2.75, 3.05) is 0 Å². The maximum absolute atomic E-state index is 13.8. The van der Waals surface area contributed by atoms with Crippen molar-refractivity contribution >= 4 is 11.9 Å². The topological polar surface area (TPSA) is 77.7 Å². The molecule has 2 heterocycles. The average Bonchev–Trinajstić information content (AvgIpc) is 3.80. The van der Waals surface area contributed by atoms with Crippen LogP contribution in [0.1, 0.15) is 87.9 Å². The Morgan fingerprint density at radius 3 is 1.29 bits per heavy atom. The van der Waals surface area contributed by atoms with Gasteiger partial charge in [-0.15, -0.1) is 0 Å². The average molecular weight is 519 g/mol. The SMILES string of the molecule is CC1(C)CCC(OC(=O)c2ccccc2)(C2(OC(=O)c3ccccc3)CCC(C)(C)C3OC32C)C2(C)OC12. The third-order valence-corrected chi connectivity index (χ3v) is 10.1. The fourth-order valence-electron chi connectivity index (χ4n) is 7.86. The van der Waals surface area contributed by atoms with Gasteiger partial charge in [-0.05, 0) is 74.6 Å². The van der Waals surface area contributed by atoms with E-state index in [-0.39, 0.29) is 23.0 Å². The quantitative estimate of drug-likeness (QED) is 0.350. The minimum atomic E-state index is -1.24. The summed E-state index contributed by atoms with van der Waals surface area (Å²) in [4.78, 5) is 27.6. The minimum absolute atomic E-state index is 0.110. The number of esters is 2. The fourth-order valence-corrected chi connectivity index (χ4v) is 7.86. The van der Waals surface area contributed by atoms with Crippen LogP contribution >= 0.6 is 0 Å². The number of benzene rings is 2. The number of hydrogen-bond donors (Lipinski definition) is 0. The van der Waals surface area contributed by atoms with E-state index in [2.05, 4.69) is 27.7 Å². The molecule has 6 rings (SSSR count). The first kappa shape index (κ1) is 25.6. The number of rotatable bonds is 5. The number of carbonyl (C=O) groups excluding carboxylic acids is 2. The first-order chi connectivity index (χ1) is 17.8. The Kier molecular flexibility index (Phi) is 5.33. The molecule has 2 aliphatic heterocycles. The zero-order valence-corrected chi connectivity index (χ0v) is 23.2. The summed E-state index contributed by atoms with van der Waals surface area (Å²) in [7, 11) is 0. The van der Waals surface area contributed by atoms with Gasteiger partial charge in [-0.25, -0.2) is 9.59 Å². The van der Waals surface area contributed by atoms with Crippen LogP contribution in [0.5, 0.6) is 0 Å². The van der Waals surface area contributed by atoms with E-state index in [1.54, 1.807) is 24.3 Å². The normalized spacial score (nSPS) is 39.7. The van der Waals surface area contributed by atoms with Crippen molar-refractivity contribution in [3.05, 3.63) is 71.8 Å². The molecule has 2 aromatic carbocycles. The second kappa shape index (κ2) is 7.92. The highest BCUT2D eigenvalue weighted by molar-refractivity contribution is 5.91. The highest BCUT2D eigenvalue weighted by atomic mass is 16.7. The lowest BCUT2D eigenvalue weighted by molar-refractivity contribution is -0.231. The molecule has 0 aromatic heterocycles. The molecule has 2 aliphatic carbocycles. The summed E-state index contributed by atoms with van der Waals surface area (Å²) in [5, 5.41) is 0. The Hall–Kier alpha value is -2.70. The van der Waals surface area contributed by atoms with Gasteiger partial charge in [0.25, 0.3) is 0 Å². The van der Waals surface area contributed by atoms with Gasteiger partial charge in [0.05, 0.1) is 23.3 Å². The van der Waals surface area contributed by atoms with Gasteiger partial charge in [-0.1, -0.05) is 64.1 Å². The summed E-state index contributed by atoms with van der Waals surface area (Å²) >= 11 is 0. The highest BCUT2D eigenvalue weighted by Gasteiger charge is 2.89. The molecular formula is C32H38O6. The molecule has 0 N–H and O–H groups in total. The summed E-state index contributed by atoms with van der Waals surface area (Å²) in [6.07, 6.45) is 2.22. The molecule has 0 bridgehead atoms. The summed E-state index contributed by atoms with van der Waals surface area (Å²) in [5.41, 5.74) is -3.46. The van der Waals surface area contributed by atoms with Crippen LogP contribution in [0.4, 0.5) is 0 Å². The zero-order valence-electron chi connectivity index (χ0n) is 23.2. The first-order valence-corrected chi connectivity index (χ1v) is 13.7. The van der Waals surface area contributed by atoms with E-state index < -0.39 is 34.3 Å². The van der Waals surface area contributed by atoms with Crippen molar-refractivity contribution < 1.29 is 28.5 Å². The van der Waals surface area contributed by atoms with Crippen molar-refractivity contribution in [1.29, 1.82) is 0 Å². The molecule has 0 amide bonds. The Morgan fingerprint density at radius 2 is 0.947 bits per heavy atom. The van der Waals surface area contributed by atoms with Crippen LogP contribution in [0.3, 0.4) is 0 Å². The predicted octanol–water partition coefficient (Wildman–Crippen LogP) is 6.13. The lowest BCUT2D eigenvalue weighted by Crippen LogP contribution is -2.75. The maximum Gasteiger partial charge on any atom is 0.338 e. The van der Waals surface area contributed by atoms with Gasteiger partial charge < -0.3 is 18.9 Å². The molecule has 2 saturated heterocycles. The van der Waals surface area contributed by atoms with Gasteiger partial charge >= 0.3 is 11.9 Å². The Morgan fingerprint density at radius 1 is 0.605 bits per heavy atom. The number of fused-ring (bicyclic) bond motifs is 2. The van der Waals surface area contributed by atoms with E-state index in [1.165, 1.54) is 0 Å². The molecule has 4 fully saturated rings. The van der Waals surface area contributed by atoms with Gasteiger partial charge in [0.2, 0.25) is 0 Å². The van der Waals surface area contributed by atoms with Gasteiger partial charge in [0.1, 0.15) is 11.2 Å². The van der Waals surface area contributed by atoms with Gasteiger partial charge in [0.15, 0.2) is 11.2 Å². The van der Waals surface area contributed by atoms with Crippen molar-refractivity contribution in [3.8, 4) is 0 Å². The van der Waals surface area contributed by atoms with E-state index in [0.717, 1.165) is 12.8 Å². The van der Waals surface area contributed by atoms with Gasteiger partial charge in [-0.3, -0.25) is 0 Å². The van der Waals surface area contributed by atoms with Crippen LogP contribution in [0.2, 0.25) is 0 Å². The van der Waals surface area contributed by atoms with Crippen LogP contribution < -0.4 is 0 Å². The molecule has 2 aromatic rings. The van der Waals surface area contributed by atoms with Gasteiger partial charge in [0, 0.05) is 0 Å². The van der Waals surface area contributed by atoms with E-state index >= 15 is 0 Å². The Labute approximate surface area is 225 Å². The van der Waals surface area contributed by atoms with E-state index in [0.29, 0.717) is 24.0 Å². The lowest BCUT2D eigenvalue weighted by atomic mass is 9.52. The summed E-state index contributed by atoms with van der Waals surface area (Å²) in [6.45, 7) is 12.8. The first-order valence-electron chi connectivity index (χ1n) is 13.7. The molecule has 0 radical (unpaired) electrons. The number of hydrogen-bond acceptors (Lipinski definition) is 6. The highest BCUT2D eigenvalue weighted by Crippen LogP contribution is 2.73. The number of epoxide rings is 2. The second-order valence-corrected chi connectivity index (χ2v) is 13.4. The maximum atomic E-state index is 13.8. The second-order valence-electron chi connectivity index (χ2n) is 13.4. The van der Waals surface area contributed by atoms with Gasteiger partial charge in [-0.2, -0.15) is 0 Å².